The summed E-state index contributed by atoms with van der Waals surface area (Å²) in [5.74, 6) is 0.484. The van der Waals surface area contributed by atoms with Gasteiger partial charge in [0.25, 0.3) is 0 Å². The van der Waals surface area contributed by atoms with E-state index in [0.29, 0.717) is 24.9 Å². The summed E-state index contributed by atoms with van der Waals surface area (Å²) in [6.45, 7) is 1.93. The molecule has 2 aliphatic heterocycles. The molecule has 3 aliphatic rings. The molecule has 4 atom stereocenters. The summed E-state index contributed by atoms with van der Waals surface area (Å²) in [5, 5.41) is 15.8. The molecule has 7 nitrogen and oxygen atoms in total. The number of nitrogens with zero attached hydrogens (tertiary/aromatic N) is 3. The second-order valence-electron chi connectivity index (χ2n) is 8.21. The summed E-state index contributed by atoms with van der Waals surface area (Å²) < 4.78 is 0. The normalized spacial score (nSPS) is 27.6. The highest BCUT2D eigenvalue weighted by Gasteiger charge is 2.43. The molecule has 2 bridgehead atoms. The van der Waals surface area contributed by atoms with Crippen LogP contribution in [0.15, 0.2) is 24.3 Å². The Kier molecular flexibility index (Phi) is 5.23. The van der Waals surface area contributed by atoms with Crippen LogP contribution < -0.4 is 15.5 Å². The van der Waals surface area contributed by atoms with E-state index in [1.165, 1.54) is 0 Å². The van der Waals surface area contributed by atoms with Crippen molar-refractivity contribution in [2.45, 2.75) is 43.8 Å². The molecule has 1 aromatic rings. The van der Waals surface area contributed by atoms with Crippen LogP contribution in [0.4, 0.5) is 5.69 Å². The van der Waals surface area contributed by atoms with E-state index in [4.69, 9.17) is 0 Å². The second-order valence-corrected chi connectivity index (χ2v) is 8.21. The number of piperidine rings is 1. The minimum Gasteiger partial charge on any atom is -0.360 e. The molecule has 2 N–H and O–H groups in total. The van der Waals surface area contributed by atoms with Crippen LogP contribution in [0.2, 0.25) is 0 Å². The van der Waals surface area contributed by atoms with Gasteiger partial charge < -0.3 is 20.4 Å². The van der Waals surface area contributed by atoms with Gasteiger partial charge in [0.05, 0.1) is 18.7 Å². The third-order valence-electron chi connectivity index (χ3n) is 6.31. The third-order valence-corrected chi connectivity index (χ3v) is 6.31. The molecule has 1 aromatic carbocycles. The summed E-state index contributed by atoms with van der Waals surface area (Å²) in [5.41, 5.74) is 2.01. The highest BCUT2D eigenvalue weighted by molar-refractivity contribution is 5.83. The zero-order valence-electron chi connectivity index (χ0n) is 16.2. The van der Waals surface area contributed by atoms with Crippen molar-refractivity contribution < 1.29 is 9.59 Å². The Morgan fingerprint density at radius 2 is 2.11 bits per heavy atom. The van der Waals surface area contributed by atoms with Gasteiger partial charge in [0.1, 0.15) is 6.04 Å². The van der Waals surface area contributed by atoms with Crippen LogP contribution in [-0.4, -0.2) is 61.5 Å². The molecule has 4 rings (SSSR count). The Balaban J connectivity index is 1.33. The number of piperazine rings is 1. The molecule has 2 amide bonds. The van der Waals surface area contributed by atoms with E-state index in [1.54, 1.807) is 4.90 Å². The van der Waals surface area contributed by atoms with Crippen LogP contribution >= 0.6 is 0 Å². The lowest BCUT2D eigenvalue weighted by Gasteiger charge is -2.33. The highest BCUT2D eigenvalue weighted by Crippen LogP contribution is 2.35. The lowest BCUT2D eigenvalue weighted by Crippen LogP contribution is -2.50. The Labute approximate surface area is 165 Å². The number of carbonyl (C=O) groups excluding carboxylic acids is 2. The first kappa shape index (κ1) is 18.8. The summed E-state index contributed by atoms with van der Waals surface area (Å²) in [6.07, 6.45) is 3.81. The SMILES string of the molecule is CN1CCN(c2ccc(C[C@@H](C#N)NC(=O)[C@H]3N[C@H]4CC[C@H]3C4)cc2)CC1=O. The average molecular weight is 381 g/mol. The minimum atomic E-state index is -0.538. The quantitative estimate of drug-likeness (QED) is 0.782. The molecule has 0 radical (unpaired) electrons. The number of benzene rings is 1. The van der Waals surface area contributed by atoms with Crippen molar-refractivity contribution >= 4 is 17.5 Å². The maximum Gasteiger partial charge on any atom is 0.241 e. The largest absolute Gasteiger partial charge is 0.360 e. The number of rotatable bonds is 5. The van der Waals surface area contributed by atoms with Crippen LogP contribution in [0.25, 0.3) is 0 Å². The molecule has 1 saturated carbocycles. The van der Waals surface area contributed by atoms with Crippen LogP contribution in [0.3, 0.4) is 0 Å². The van der Waals surface area contributed by atoms with E-state index in [2.05, 4.69) is 21.6 Å². The molecule has 2 heterocycles. The number of anilines is 1. The van der Waals surface area contributed by atoms with Crippen LogP contribution in [-0.2, 0) is 16.0 Å². The number of hydrogen-bond acceptors (Lipinski definition) is 5. The van der Waals surface area contributed by atoms with Gasteiger partial charge >= 0.3 is 0 Å². The molecule has 7 heteroatoms. The summed E-state index contributed by atoms with van der Waals surface area (Å²) >= 11 is 0. The fraction of sp³-hybridized carbons (Fsp3) is 0.571. The van der Waals surface area contributed by atoms with Crippen molar-refractivity contribution in [3.8, 4) is 6.07 Å². The molecule has 3 fully saturated rings. The number of nitrogens with one attached hydrogen (secondary N) is 2. The number of likely N-dealkylation sites (N-methyl/N-ethyl adjacent to an activating group) is 1. The standard InChI is InChI=1S/C21H27N5O2/c1-25-8-9-26(13-19(25)27)18-6-2-14(3-7-18)10-17(12-22)24-21(28)20-15-4-5-16(11-15)23-20/h2-3,6-7,15-17,20,23H,4-5,8-11,13H2,1H3,(H,24,28)/t15-,16-,17-,20-/m0/s1. The van der Waals surface area contributed by atoms with Gasteiger partial charge in [0.2, 0.25) is 11.8 Å². The first-order chi connectivity index (χ1) is 13.5. The monoisotopic (exact) mass is 381 g/mol. The van der Waals surface area contributed by atoms with Gasteiger partial charge in [0, 0.05) is 38.3 Å². The number of hydrogen-bond donors (Lipinski definition) is 2. The summed E-state index contributed by atoms with van der Waals surface area (Å²) in [6, 6.07) is 9.93. The highest BCUT2D eigenvalue weighted by atomic mass is 16.2. The Morgan fingerprint density at radius 1 is 1.32 bits per heavy atom. The van der Waals surface area contributed by atoms with Gasteiger partial charge in [-0.2, -0.15) is 5.26 Å². The first-order valence-corrected chi connectivity index (χ1v) is 10.1. The topological polar surface area (TPSA) is 88.5 Å². The van der Waals surface area contributed by atoms with E-state index >= 15 is 0 Å². The van der Waals surface area contributed by atoms with Crippen molar-refractivity contribution in [1.29, 1.82) is 5.26 Å². The fourth-order valence-electron chi connectivity index (χ4n) is 4.60. The molecule has 2 saturated heterocycles. The van der Waals surface area contributed by atoms with Gasteiger partial charge in [-0.05, 0) is 42.9 Å². The van der Waals surface area contributed by atoms with Crippen molar-refractivity contribution in [3.05, 3.63) is 29.8 Å². The number of carbonyl (C=O) groups is 2. The second kappa shape index (κ2) is 7.80. The Morgan fingerprint density at radius 3 is 2.71 bits per heavy atom. The van der Waals surface area contributed by atoms with Crippen molar-refractivity contribution in [2.75, 3.05) is 31.6 Å². The fourth-order valence-corrected chi connectivity index (χ4v) is 4.60. The molecule has 0 aromatic heterocycles. The van der Waals surface area contributed by atoms with Crippen molar-refractivity contribution in [2.24, 2.45) is 5.92 Å². The Bertz CT molecular complexity index is 787. The predicted molar refractivity (Wildman–Crippen MR) is 106 cm³/mol. The van der Waals surface area contributed by atoms with E-state index in [-0.39, 0.29) is 17.9 Å². The van der Waals surface area contributed by atoms with Gasteiger partial charge in [-0.15, -0.1) is 0 Å². The summed E-state index contributed by atoms with van der Waals surface area (Å²) in [7, 11) is 1.82. The summed E-state index contributed by atoms with van der Waals surface area (Å²) in [4.78, 5) is 28.2. The number of fused-ring (bicyclic) bond motifs is 2. The maximum absolute atomic E-state index is 12.5. The average Bonchev–Trinajstić information content (AvgIpc) is 3.34. The van der Waals surface area contributed by atoms with Gasteiger partial charge in [-0.1, -0.05) is 12.1 Å². The smallest absolute Gasteiger partial charge is 0.241 e. The minimum absolute atomic E-state index is 0.0497. The predicted octanol–water partition coefficient (Wildman–Crippen LogP) is 0.656. The number of amides is 2. The molecular formula is C21H27N5O2. The molecule has 148 valence electrons. The van der Waals surface area contributed by atoms with E-state index in [9.17, 15) is 14.9 Å². The molecule has 1 aliphatic carbocycles. The molecule has 0 unspecified atom stereocenters. The third kappa shape index (κ3) is 3.83. The molecular weight excluding hydrogens is 354 g/mol. The first-order valence-electron chi connectivity index (χ1n) is 10.1. The zero-order chi connectivity index (χ0) is 19.7. The van der Waals surface area contributed by atoms with Gasteiger partial charge in [0.15, 0.2) is 0 Å². The van der Waals surface area contributed by atoms with Crippen molar-refractivity contribution in [3.63, 3.8) is 0 Å². The zero-order valence-corrected chi connectivity index (χ0v) is 16.2. The van der Waals surface area contributed by atoms with Gasteiger partial charge in [-0.25, -0.2) is 0 Å². The Hall–Kier alpha value is -2.59. The lowest BCUT2D eigenvalue weighted by molar-refractivity contribution is -0.129. The maximum atomic E-state index is 12.5. The van der Waals surface area contributed by atoms with E-state index < -0.39 is 6.04 Å². The van der Waals surface area contributed by atoms with Crippen molar-refractivity contribution in [1.82, 2.24) is 15.5 Å². The molecule has 28 heavy (non-hydrogen) atoms. The number of nitriles is 1. The van der Waals surface area contributed by atoms with E-state index in [0.717, 1.165) is 43.6 Å². The van der Waals surface area contributed by atoms with Crippen LogP contribution in [0.5, 0.6) is 0 Å². The lowest BCUT2D eigenvalue weighted by atomic mass is 9.98. The van der Waals surface area contributed by atoms with E-state index in [1.807, 2.05) is 31.3 Å². The van der Waals surface area contributed by atoms with Gasteiger partial charge in [-0.3, -0.25) is 9.59 Å². The van der Waals surface area contributed by atoms with Crippen LogP contribution in [0, 0.1) is 17.2 Å². The molecule has 0 spiro atoms. The van der Waals surface area contributed by atoms with Crippen LogP contribution in [0.1, 0.15) is 24.8 Å².